The maximum Gasteiger partial charge on any atom is 0.168 e. The van der Waals surface area contributed by atoms with Crippen LogP contribution in [0.4, 0.5) is 0 Å². The van der Waals surface area contributed by atoms with Gasteiger partial charge in [-0.2, -0.15) is 0 Å². The van der Waals surface area contributed by atoms with E-state index in [0.29, 0.717) is 17.1 Å². The van der Waals surface area contributed by atoms with Gasteiger partial charge in [-0.05, 0) is 64.1 Å². The van der Waals surface area contributed by atoms with Crippen molar-refractivity contribution < 1.29 is 15.0 Å². The van der Waals surface area contributed by atoms with Crippen LogP contribution in [0.3, 0.4) is 0 Å². The summed E-state index contributed by atoms with van der Waals surface area (Å²) in [6.45, 7) is 7.34. The molecule has 1 atom stereocenters. The average Bonchev–Trinajstić information content (AvgIpc) is 2.66. The highest BCUT2D eigenvalue weighted by molar-refractivity contribution is 9.11. The van der Waals surface area contributed by atoms with E-state index in [9.17, 15) is 9.90 Å². The van der Waals surface area contributed by atoms with E-state index in [0.717, 1.165) is 36.8 Å². The second-order valence-corrected chi connectivity index (χ2v) is 9.32. The van der Waals surface area contributed by atoms with Crippen molar-refractivity contribution in [1.29, 1.82) is 0 Å². The molecule has 0 aliphatic carbocycles. The van der Waals surface area contributed by atoms with Crippen molar-refractivity contribution in [2.45, 2.75) is 40.4 Å². The van der Waals surface area contributed by atoms with Crippen molar-refractivity contribution in [3.05, 3.63) is 84.0 Å². The fourth-order valence-corrected chi connectivity index (χ4v) is 4.08. The zero-order chi connectivity index (χ0) is 23.6. The Balaban J connectivity index is 0.000000233. The fourth-order valence-electron chi connectivity index (χ4n) is 2.35. The Bertz CT molecular complexity index is 954. The molecular weight excluding hydrogens is 594 g/mol. The Morgan fingerprint density at radius 1 is 0.839 bits per heavy atom. The lowest BCUT2D eigenvalue weighted by atomic mass is 10.2. The lowest BCUT2D eigenvalue weighted by Crippen LogP contribution is -1.96. The largest absolute Gasteiger partial charge is 0.390 e. The maximum absolute atomic E-state index is 10.2. The summed E-state index contributed by atoms with van der Waals surface area (Å²) in [6, 6.07) is 11.0. The maximum atomic E-state index is 10.2. The standard InChI is InChI=1S/C8H10BrNO.C7H8BrNO.C7H6BrNO/c1-5-3-7(9)4-8(10-5)6(2)11;2*1-5-2-6(8)3-7(4-10)9-5/h3-4,6,11H,1-2H3;2-3,10H,4H2,1H3;2-4H,1H3. The van der Waals surface area contributed by atoms with Crippen LogP contribution in [0.1, 0.15) is 52.0 Å². The highest BCUT2D eigenvalue weighted by Crippen LogP contribution is 2.17. The molecule has 0 spiro atoms. The molecule has 1 unspecified atom stereocenters. The first-order chi connectivity index (χ1) is 14.5. The van der Waals surface area contributed by atoms with Gasteiger partial charge in [0, 0.05) is 30.5 Å². The normalized spacial score (nSPS) is 10.9. The van der Waals surface area contributed by atoms with Crippen molar-refractivity contribution >= 4 is 54.1 Å². The van der Waals surface area contributed by atoms with E-state index < -0.39 is 6.10 Å². The zero-order valence-corrected chi connectivity index (χ0v) is 22.4. The number of hydrogen-bond donors (Lipinski definition) is 2. The molecule has 3 heterocycles. The number of pyridine rings is 3. The average molecular weight is 618 g/mol. The second-order valence-electron chi connectivity index (χ2n) is 6.57. The van der Waals surface area contributed by atoms with Crippen molar-refractivity contribution in [1.82, 2.24) is 15.0 Å². The zero-order valence-electron chi connectivity index (χ0n) is 17.6. The van der Waals surface area contributed by atoms with Crippen molar-refractivity contribution in [3.63, 3.8) is 0 Å². The number of hydrogen-bond acceptors (Lipinski definition) is 6. The minimum Gasteiger partial charge on any atom is -0.390 e. The smallest absolute Gasteiger partial charge is 0.168 e. The molecule has 0 amide bonds. The molecule has 0 aliphatic rings. The van der Waals surface area contributed by atoms with Gasteiger partial charge in [-0.3, -0.25) is 19.7 Å². The first-order valence-corrected chi connectivity index (χ1v) is 11.6. The van der Waals surface area contributed by atoms with Crippen LogP contribution in [0.5, 0.6) is 0 Å². The van der Waals surface area contributed by atoms with Crippen LogP contribution in [0.2, 0.25) is 0 Å². The number of nitrogens with zero attached hydrogens (tertiary/aromatic N) is 3. The molecule has 3 aromatic rings. The van der Waals surface area contributed by atoms with E-state index in [4.69, 9.17) is 5.11 Å². The van der Waals surface area contributed by atoms with Crippen LogP contribution in [0.15, 0.2) is 49.8 Å². The number of aromatic nitrogens is 3. The summed E-state index contributed by atoms with van der Waals surface area (Å²) < 4.78 is 2.81. The third-order valence-corrected chi connectivity index (χ3v) is 4.93. The predicted molar refractivity (Wildman–Crippen MR) is 132 cm³/mol. The van der Waals surface area contributed by atoms with E-state index in [-0.39, 0.29) is 6.61 Å². The lowest BCUT2D eigenvalue weighted by Gasteiger charge is -2.04. The van der Waals surface area contributed by atoms with Crippen LogP contribution in [0.25, 0.3) is 0 Å². The summed E-state index contributed by atoms with van der Waals surface area (Å²) in [4.78, 5) is 22.4. The summed E-state index contributed by atoms with van der Waals surface area (Å²) >= 11 is 9.89. The van der Waals surface area contributed by atoms with Crippen LogP contribution in [-0.2, 0) is 6.61 Å². The molecule has 3 aromatic heterocycles. The van der Waals surface area contributed by atoms with Gasteiger partial charge in [0.15, 0.2) is 6.29 Å². The molecule has 0 radical (unpaired) electrons. The summed E-state index contributed by atoms with van der Waals surface area (Å²) in [5.41, 5.74) is 4.54. The molecule has 0 bridgehead atoms. The number of aldehydes is 1. The van der Waals surface area contributed by atoms with Gasteiger partial charge in [-0.25, -0.2) is 0 Å². The monoisotopic (exact) mass is 615 g/mol. The number of halogens is 3. The van der Waals surface area contributed by atoms with Gasteiger partial charge >= 0.3 is 0 Å². The number of aliphatic hydroxyl groups excluding tert-OH is 2. The van der Waals surface area contributed by atoms with E-state index in [1.165, 1.54) is 0 Å². The van der Waals surface area contributed by atoms with Crippen molar-refractivity contribution in [2.24, 2.45) is 0 Å². The number of aliphatic hydroxyl groups is 2. The topological polar surface area (TPSA) is 96.2 Å². The van der Waals surface area contributed by atoms with E-state index in [1.807, 2.05) is 45.0 Å². The van der Waals surface area contributed by atoms with E-state index in [1.54, 1.807) is 19.1 Å². The van der Waals surface area contributed by atoms with Gasteiger partial charge in [0.2, 0.25) is 0 Å². The SMILES string of the molecule is Cc1cc(Br)cc(C(C)O)n1.Cc1cc(Br)cc(C=O)n1.Cc1cc(Br)cc(CO)n1. The Hall–Kier alpha value is -1.52. The van der Waals surface area contributed by atoms with Crippen LogP contribution < -0.4 is 0 Å². The summed E-state index contributed by atoms with van der Waals surface area (Å²) in [6.07, 6.45) is 0.240. The number of carbonyl (C=O) groups excluding carboxylic acids is 1. The van der Waals surface area contributed by atoms with Crippen molar-refractivity contribution in [2.75, 3.05) is 0 Å². The Morgan fingerprint density at radius 2 is 1.32 bits per heavy atom. The second kappa shape index (κ2) is 13.8. The van der Waals surface area contributed by atoms with E-state index in [2.05, 4.69) is 62.7 Å². The van der Waals surface area contributed by atoms with Gasteiger partial charge in [0.1, 0.15) is 5.69 Å². The Morgan fingerprint density at radius 3 is 1.74 bits per heavy atom. The first-order valence-electron chi connectivity index (χ1n) is 9.19. The summed E-state index contributed by atoms with van der Waals surface area (Å²) in [5.74, 6) is 0. The fraction of sp³-hybridized carbons (Fsp3) is 0.273. The molecule has 9 heteroatoms. The predicted octanol–water partition coefficient (Wildman–Crippen LogP) is 5.82. The van der Waals surface area contributed by atoms with Gasteiger partial charge in [0.25, 0.3) is 0 Å². The highest BCUT2D eigenvalue weighted by atomic mass is 79.9. The molecule has 166 valence electrons. The minimum absolute atomic E-state index is 0.000278. The summed E-state index contributed by atoms with van der Waals surface area (Å²) in [7, 11) is 0. The quantitative estimate of drug-likeness (QED) is 0.360. The van der Waals surface area contributed by atoms with E-state index >= 15 is 0 Å². The summed E-state index contributed by atoms with van der Waals surface area (Å²) in [5, 5.41) is 17.9. The molecule has 6 nitrogen and oxygen atoms in total. The lowest BCUT2D eigenvalue weighted by molar-refractivity contribution is 0.111. The third kappa shape index (κ3) is 11.1. The molecule has 0 saturated carbocycles. The van der Waals surface area contributed by atoms with Crippen LogP contribution in [-0.4, -0.2) is 31.5 Å². The molecule has 31 heavy (non-hydrogen) atoms. The minimum atomic E-state index is -0.494. The highest BCUT2D eigenvalue weighted by Gasteiger charge is 2.03. The number of rotatable bonds is 3. The molecule has 0 aromatic carbocycles. The molecule has 2 N–H and O–H groups in total. The molecule has 0 aliphatic heterocycles. The Kier molecular flexibility index (Phi) is 12.2. The van der Waals surface area contributed by atoms with Gasteiger partial charge in [-0.15, -0.1) is 0 Å². The van der Waals surface area contributed by atoms with Gasteiger partial charge < -0.3 is 10.2 Å². The first kappa shape index (κ1) is 27.5. The molecule has 3 rings (SSSR count). The van der Waals surface area contributed by atoms with Gasteiger partial charge in [-0.1, -0.05) is 47.8 Å². The molecular formula is C22H24Br3N3O3. The van der Waals surface area contributed by atoms with Crippen LogP contribution in [0, 0.1) is 20.8 Å². The van der Waals surface area contributed by atoms with Gasteiger partial charge in [0.05, 0.1) is 24.1 Å². The third-order valence-electron chi connectivity index (χ3n) is 3.56. The number of carbonyl (C=O) groups is 1. The van der Waals surface area contributed by atoms with Crippen LogP contribution >= 0.6 is 47.8 Å². The van der Waals surface area contributed by atoms with Crippen molar-refractivity contribution in [3.8, 4) is 0 Å². The Labute approximate surface area is 207 Å². The molecule has 0 fully saturated rings. The molecule has 0 saturated heterocycles. The number of aryl methyl sites for hydroxylation is 3.